The number of hydrogen-bond acceptors (Lipinski definition) is 3. The Morgan fingerprint density at radius 1 is 1.45 bits per heavy atom. The summed E-state index contributed by atoms with van der Waals surface area (Å²) in [7, 11) is 1.92. The third-order valence-electron chi connectivity index (χ3n) is 3.36. The molecular formula is C14H17ClN4O. The molecular weight excluding hydrogens is 276 g/mol. The van der Waals surface area contributed by atoms with Crippen molar-refractivity contribution >= 4 is 23.2 Å². The Morgan fingerprint density at radius 3 is 2.70 bits per heavy atom. The molecule has 0 radical (unpaired) electrons. The van der Waals surface area contributed by atoms with Gasteiger partial charge in [-0.2, -0.15) is 5.10 Å². The molecule has 3 N–H and O–H groups in total. The van der Waals surface area contributed by atoms with Crippen LogP contribution >= 0.6 is 11.6 Å². The minimum Gasteiger partial charge on any atom is -0.381 e. The third-order valence-corrected chi connectivity index (χ3v) is 3.69. The summed E-state index contributed by atoms with van der Waals surface area (Å²) in [5.41, 5.74) is 9.63. The van der Waals surface area contributed by atoms with Crippen molar-refractivity contribution in [1.29, 1.82) is 0 Å². The van der Waals surface area contributed by atoms with E-state index in [1.165, 1.54) is 0 Å². The molecule has 1 heterocycles. The van der Waals surface area contributed by atoms with Gasteiger partial charge in [0.1, 0.15) is 0 Å². The monoisotopic (exact) mass is 292 g/mol. The van der Waals surface area contributed by atoms with Crippen LogP contribution in [0.1, 0.15) is 27.3 Å². The zero-order valence-corrected chi connectivity index (χ0v) is 12.5. The van der Waals surface area contributed by atoms with Gasteiger partial charge in [0.2, 0.25) is 5.91 Å². The van der Waals surface area contributed by atoms with E-state index in [0.717, 1.165) is 22.6 Å². The lowest BCUT2D eigenvalue weighted by Crippen LogP contribution is -2.12. The highest BCUT2D eigenvalue weighted by Crippen LogP contribution is 2.21. The van der Waals surface area contributed by atoms with Crippen LogP contribution in [0.4, 0.5) is 5.69 Å². The normalized spacial score (nSPS) is 10.6. The summed E-state index contributed by atoms with van der Waals surface area (Å²) in [6.45, 7) is 4.62. The summed E-state index contributed by atoms with van der Waals surface area (Å²) in [6, 6.07) is 5.13. The highest BCUT2D eigenvalue weighted by Gasteiger charge is 2.10. The molecule has 6 heteroatoms. The molecule has 0 unspecified atom stereocenters. The largest absolute Gasteiger partial charge is 0.381 e. The van der Waals surface area contributed by atoms with Gasteiger partial charge in [0.15, 0.2) is 0 Å². The van der Waals surface area contributed by atoms with Crippen molar-refractivity contribution in [3.8, 4) is 0 Å². The Balaban J connectivity index is 2.19. The highest BCUT2D eigenvalue weighted by molar-refractivity contribution is 6.33. The summed E-state index contributed by atoms with van der Waals surface area (Å²) in [4.78, 5) is 11.3. The van der Waals surface area contributed by atoms with E-state index in [4.69, 9.17) is 17.3 Å². The van der Waals surface area contributed by atoms with Gasteiger partial charge < -0.3 is 11.1 Å². The quantitative estimate of drug-likeness (QED) is 0.909. The molecule has 1 amide bonds. The molecule has 106 valence electrons. The molecule has 0 saturated heterocycles. The molecule has 0 fully saturated rings. The van der Waals surface area contributed by atoms with Crippen molar-refractivity contribution in [3.05, 3.63) is 45.7 Å². The van der Waals surface area contributed by atoms with Gasteiger partial charge in [0.25, 0.3) is 0 Å². The second-order valence-corrected chi connectivity index (χ2v) is 5.09. The number of benzene rings is 1. The van der Waals surface area contributed by atoms with Crippen LogP contribution in [0.5, 0.6) is 0 Å². The Bertz CT molecular complexity index is 663. The molecule has 0 bridgehead atoms. The van der Waals surface area contributed by atoms with E-state index < -0.39 is 5.91 Å². The van der Waals surface area contributed by atoms with Crippen molar-refractivity contribution in [3.63, 3.8) is 0 Å². The van der Waals surface area contributed by atoms with E-state index in [9.17, 15) is 4.79 Å². The number of nitrogens with two attached hydrogens (primary N) is 1. The van der Waals surface area contributed by atoms with Crippen molar-refractivity contribution in [2.24, 2.45) is 12.8 Å². The van der Waals surface area contributed by atoms with Crippen molar-refractivity contribution in [2.75, 3.05) is 5.32 Å². The highest BCUT2D eigenvalue weighted by atomic mass is 35.5. The number of rotatable bonds is 4. The fourth-order valence-corrected chi connectivity index (χ4v) is 2.30. The fraction of sp³-hybridized carbons (Fsp3) is 0.286. The van der Waals surface area contributed by atoms with Crippen LogP contribution in [0, 0.1) is 13.8 Å². The number of nitrogens with one attached hydrogen (secondary N) is 1. The maximum atomic E-state index is 11.3. The fourth-order valence-electron chi connectivity index (χ4n) is 2.09. The lowest BCUT2D eigenvalue weighted by Gasteiger charge is -2.09. The number of hydrogen-bond donors (Lipinski definition) is 2. The summed E-state index contributed by atoms with van der Waals surface area (Å²) in [5, 5.41) is 7.98. The zero-order chi connectivity index (χ0) is 14.9. The van der Waals surface area contributed by atoms with E-state index >= 15 is 0 Å². The average molecular weight is 293 g/mol. The van der Waals surface area contributed by atoms with Gasteiger partial charge in [-0.15, -0.1) is 0 Å². The van der Waals surface area contributed by atoms with Crippen LogP contribution in [0.15, 0.2) is 18.2 Å². The van der Waals surface area contributed by atoms with Gasteiger partial charge in [-0.25, -0.2) is 0 Å². The Kier molecular flexibility index (Phi) is 3.99. The molecule has 0 aliphatic heterocycles. The first kappa shape index (κ1) is 14.4. The van der Waals surface area contributed by atoms with Gasteiger partial charge in [0, 0.05) is 30.5 Å². The van der Waals surface area contributed by atoms with Crippen molar-refractivity contribution in [1.82, 2.24) is 9.78 Å². The Labute approximate surface area is 122 Å². The van der Waals surface area contributed by atoms with Crippen LogP contribution in [-0.4, -0.2) is 15.7 Å². The van der Waals surface area contributed by atoms with Crippen molar-refractivity contribution in [2.45, 2.75) is 20.4 Å². The predicted octanol–water partition coefficient (Wildman–Crippen LogP) is 2.40. The van der Waals surface area contributed by atoms with Gasteiger partial charge in [-0.3, -0.25) is 9.48 Å². The zero-order valence-electron chi connectivity index (χ0n) is 11.7. The summed E-state index contributed by atoms with van der Waals surface area (Å²) in [6.07, 6.45) is 0. The molecule has 20 heavy (non-hydrogen) atoms. The lowest BCUT2D eigenvalue weighted by molar-refractivity contribution is 0.100. The SMILES string of the molecule is Cc1nn(C)c(C)c1CNc1ccc(Cl)c(C(N)=O)c1. The average Bonchev–Trinajstić information content (AvgIpc) is 2.62. The van der Waals surface area contributed by atoms with Crippen LogP contribution in [0.3, 0.4) is 0 Å². The minimum absolute atomic E-state index is 0.316. The molecule has 0 aliphatic carbocycles. The van der Waals surface area contributed by atoms with Crippen LogP contribution in [0.25, 0.3) is 0 Å². The number of carbonyl (C=O) groups is 1. The summed E-state index contributed by atoms with van der Waals surface area (Å²) >= 11 is 5.92. The first-order valence-corrected chi connectivity index (χ1v) is 6.60. The summed E-state index contributed by atoms with van der Waals surface area (Å²) < 4.78 is 1.85. The van der Waals surface area contributed by atoms with Crippen molar-refractivity contribution < 1.29 is 4.79 Å². The standard InChI is InChI=1S/C14H17ClN4O/c1-8-12(9(2)19(3)18-8)7-17-10-4-5-13(15)11(6-10)14(16)20/h4-6,17H,7H2,1-3H3,(H2,16,20). The maximum absolute atomic E-state index is 11.3. The summed E-state index contributed by atoms with van der Waals surface area (Å²) in [5.74, 6) is -0.535. The molecule has 2 aromatic rings. The first-order valence-electron chi connectivity index (χ1n) is 6.22. The van der Waals surface area contributed by atoms with Crippen LogP contribution < -0.4 is 11.1 Å². The van der Waals surface area contributed by atoms with E-state index in [-0.39, 0.29) is 0 Å². The smallest absolute Gasteiger partial charge is 0.250 e. The first-order chi connectivity index (χ1) is 9.40. The van der Waals surface area contributed by atoms with Gasteiger partial charge >= 0.3 is 0 Å². The number of carbonyl (C=O) groups excluding carboxylic acids is 1. The second kappa shape index (κ2) is 5.54. The molecule has 0 saturated carbocycles. The number of nitrogens with zero attached hydrogens (tertiary/aromatic N) is 2. The number of amides is 1. The van der Waals surface area contributed by atoms with Crippen LogP contribution in [0.2, 0.25) is 5.02 Å². The Morgan fingerprint density at radius 2 is 2.15 bits per heavy atom. The number of anilines is 1. The number of primary amides is 1. The minimum atomic E-state index is -0.535. The molecule has 1 aromatic carbocycles. The van der Waals surface area contributed by atoms with E-state index in [1.807, 2.05) is 31.6 Å². The molecule has 0 aliphatic rings. The number of halogens is 1. The van der Waals surface area contributed by atoms with Crippen LogP contribution in [-0.2, 0) is 13.6 Å². The maximum Gasteiger partial charge on any atom is 0.250 e. The number of aromatic nitrogens is 2. The van der Waals surface area contributed by atoms with E-state index in [0.29, 0.717) is 17.1 Å². The Hall–Kier alpha value is -2.01. The predicted molar refractivity (Wildman–Crippen MR) is 80.0 cm³/mol. The van der Waals surface area contributed by atoms with Gasteiger partial charge in [-0.05, 0) is 32.0 Å². The van der Waals surface area contributed by atoms with E-state index in [1.54, 1.807) is 12.1 Å². The number of aryl methyl sites for hydroxylation is 2. The van der Waals surface area contributed by atoms with Gasteiger partial charge in [-0.1, -0.05) is 11.6 Å². The topological polar surface area (TPSA) is 72.9 Å². The molecule has 0 atom stereocenters. The second-order valence-electron chi connectivity index (χ2n) is 4.69. The third kappa shape index (κ3) is 2.77. The molecule has 2 rings (SSSR count). The van der Waals surface area contributed by atoms with Gasteiger partial charge in [0.05, 0.1) is 16.3 Å². The molecule has 5 nitrogen and oxygen atoms in total. The molecule has 1 aromatic heterocycles. The van der Waals surface area contributed by atoms with E-state index in [2.05, 4.69) is 10.4 Å². The molecule has 0 spiro atoms. The lowest BCUT2D eigenvalue weighted by atomic mass is 10.1.